The van der Waals surface area contributed by atoms with Crippen molar-refractivity contribution in [2.45, 2.75) is 45.3 Å². The summed E-state index contributed by atoms with van der Waals surface area (Å²) in [6, 6.07) is 4.43. The molecule has 94 valence electrons. The Labute approximate surface area is 107 Å². The first kappa shape index (κ1) is 12.6. The average molecular weight is 252 g/mol. The molecule has 1 N–H and O–H groups in total. The van der Waals surface area contributed by atoms with Gasteiger partial charge in [-0.3, -0.25) is 4.79 Å². The Balaban J connectivity index is 2.03. The Morgan fingerprint density at radius 3 is 3.00 bits per heavy atom. The first-order valence-corrected chi connectivity index (χ1v) is 7.12. The van der Waals surface area contributed by atoms with E-state index in [1.54, 1.807) is 11.3 Å². The Kier molecular flexibility index (Phi) is 4.18. The largest absolute Gasteiger partial charge is 0.334 e. The van der Waals surface area contributed by atoms with E-state index in [0.29, 0.717) is 0 Å². The van der Waals surface area contributed by atoms with Gasteiger partial charge in [-0.1, -0.05) is 6.07 Å². The normalized spacial score (nSPS) is 19.8. The molecular formula is C13H20N2OS. The molecule has 1 fully saturated rings. The summed E-state index contributed by atoms with van der Waals surface area (Å²) in [7, 11) is 0. The number of carbonyl (C=O) groups is 1. The molecular weight excluding hydrogens is 232 g/mol. The molecule has 1 amide bonds. The molecule has 2 heterocycles. The van der Waals surface area contributed by atoms with Crippen LogP contribution in [0.5, 0.6) is 0 Å². The number of hydrogen-bond acceptors (Lipinski definition) is 3. The Bertz CT molecular complexity index is 356. The molecule has 1 aliphatic rings. The molecule has 0 unspecified atom stereocenters. The van der Waals surface area contributed by atoms with Crippen LogP contribution < -0.4 is 5.32 Å². The minimum atomic E-state index is 0.0392. The lowest BCUT2D eigenvalue weighted by molar-refractivity contribution is -0.135. The summed E-state index contributed by atoms with van der Waals surface area (Å²) in [5.74, 6) is 0.255. The highest BCUT2D eigenvalue weighted by molar-refractivity contribution is 7.09. The lowest BCUT2D eigenvalue weighted by Crippen LogP contribution is -2.46. The molecule has 1 aromatic heterocycles. The zero-order valence-corrected chi connectivity index (χ0v) is 11.3. The second kappa shape index (κ2) is 5.65. The van der Waals surface area contributed by atoms with E-state index in [2.05, 4.69) is 30.6 Å². The molecule has 0 aliphatic carbocycles. The molecule has 1 saturated heterocycles. The third kappa shape index (κ3) is 3.07. The van der Waals surface area contributed by atoms with Gasteiger partial charge < -0.3 is 10.2 Å². The fraction of sp³-hybridized carbons (Fsp3) is 0.615. The average Bonchev–Trinajstić information content (AvgIpc) is 2.97. The smallest absolute Gasteiger partial charge is 0.240 e. The van der Waals surface area contributed by atoms with E-state index >= 15 is 0 Å². The summed E-state index contributed by atoms with van der Waals surface area (Å²) < 4.78 is 0. The van der Waals surface area contributed by atoms with Crippen molar-refractivity contribution in [3.63, 3.8) is 0 Å². The SMILES string of the molecule is CC(C)N(Cc1cccs1)C(=O)[C@@H]1CCCN1. The first-order valence-electron chi connectivity index (χ1n) is 6.24. The van der Waals surface area contributed by atoms with Gasteiger partial charge in [-0.15, -0.1) is 11.3 Å². The van der Waals surface area contributed by atoms with Gasteiger partial charge in [-0.2, -0.15) is 0 Å². The van der Waals surface area contributed by atoms with E-state index in [1.807, 2.05) is 11.0 Å². The number of nitrogens with zero attached hydrogens (tertiary/aromatic N) is 1. The standard InChI is InChI=1S/C13H20N2OS/c1-10(2)15(9-11-5-4-8-17-11)13(16)12-6-3-7-14-12/h4-5,8,10,12,14H,3,6-7,9H2,1-2H3/t12-/m0/s1. The highest BCUT2D eigenvalue weighted by Crippen LogP contribution is 2.17. The lowest BCUT2D eigenvalue weighted by Gasteiger charge is -2.29. The summed E-state index contributed by atoms with van der Waals surface area (Å²) in [6.07, 6.45) is 2.09. The third-order valence-corrected chi connectivity index (χ3v) is 4.03. The van der Waals surface area contributed by atoms with Crippen LogP contribution in [0.15, 0.2) is 17.5 Å². The van der Waals surface area contributed by atoms with Gasteiger partial charge >= 0.3 is 0 Å². The monoisotopic (exact) mass is 252 g/mol. The summed E-state index contributed by atoms with van der Waals surface area (Å²) in [5.41, 5.74) is 0. The van der Waals surface area contributed by atoms with Crippen LogP contribution in [-0.4, -0.2) is 29.4 Å². The van der Waals surface area contributed by atoms with E-state index in [4.69, 9.17) is 0 Å². The summed E-state index contributed by atoms with van der Waals surface area (Å²) in [5, 5.41) is 5.35. The van der Waals surface area contributed by atoms with E-state index in [-0.39, 0.29) is 18.0 Å². The van der Waals surface area contributed by atoms with Gasteiger partial charge in [0.05, 0.1) is 12.6 Å². The molecule has 0 spiro atoms. The maximum absolute atomic E-state index is 12.4. The molecule has 3 nitrogen and oxygen atoms in total. The molecule has 1 atom stereocenters. The van der Waals surface area contributed by atoms with E-state index in [9.17, 15) is 4.79 Å². The predicted octanol–water partition coefficient (Wildman–Crippen LogP) is 2.24. The second-order valence-electron chi connectivity index (χ2n) is 4.79. The van der Waals surface area contributed by atoms with Gasteiger partial charge in [-0.25, -0.2) is 0 Å². The van der Waals surface area contributed by atoms with Gasteiger partial charge in [0, 0.05) is 10.9 Å². The van der Waals surface area contributed by atoms with Crippen LogP contribution in [0, 0.1) is 0 Å². The van der Waals surface area contributed by atoms with Crippen LogP contribution >= 0.6 is 11.3 Å². The Morgan fingerprint density at radius 2 is 2.47 bits per heavy atom. The molecule has 0 bridgehead atoms. The zero-order valence-electron chi connectivity index (χ0n) is 10.5. The van der Waals surface area contributed by atoms with Gasteiger partial charge in [-0.05, 0) is 44.7 Å². The van der Waals surface area contributed by atoms with Gasteiger partial charge in [0.1, 0.15) is 0 Å². The molecule has 17 heavy (non-hydrogen) atoms. The van der Waals surface area contributed by atoms with E-state index in [0.717, 1.165) is 25.9 Å². The minimum Gasteiger partial charge on any atom is -0.334 e. The summed E-state index contributed by atoms with van der Waals surface area (Å²) in [4.78, 5) is 15.6. The fourth-order valence-electron chi connectivity index (χ4n) is 2.18. The second-order valence-corrected chi connectivity index (χ2v) is 5.82. The van der Waals surface area contributed by atoms with Crippen LogP contribution in [0.25, 0.3) is 0 Å². The van der Waals surface area contributed by atoms with Crippen LogP contribution in [0.4, 0.5) is 0 Å². The number of amides is 1. The van der Waals surface area contributed by atoms with Gasteiger partial charge in [0.25, 0.3) is 0 Å². The molecule has 0 aromatic carbocycles. The molecule has 4 heteroatoms. The molecule has 1 aromatic rings. The maximum Gasteiger partial charge on any atom is 0.240 e. The van der Waals surface area contributed by atoms with Crippen molar-refractivity contribution in [1.29, 1.82) is 0 Å². The van der Waals surface area contributed by atoms with E-state index < -0.39 is 0 Å². The summed E-state index contributed by atoms with van der Waals surface area (Å²) in [6.45, 7) is 5.88. The highest BCUT2D eigenvalue weighted by Gasteiger charge is 2.28. The predicted molar refractivity (Wildman–Crippen MR) is 71.0 cm³/mol. The van der Waals surface area contributed by atoms with Crippen molar-refractivity contribution in [2.75, 3.05) is 6.54 Å². The molecule has 0 radical (unpaired) electrons. The summed E-state index contributed by atoms with van der Waals surface area (Å²) >= 11 is 1.71. The van der Waals surface area contributed by atoms with Crippen molar-refractivity contribution < 1.29 is 4.79 Å². The number of nitrogens with one attached hydrogen (secondary N) is 1. The minimum absolute atomic E-state index is 0.0392. The van der Waals surface area contributed by atoms with Crippen molar-refractivity contribution in [2.24, 2.45) is 0 Å². The van der Waals surface area contributed by atoms with Crippen LogP contribution in [0.3, 0.4) is 0 Å². The van der Waals surface area contributed by atoms with Crippen molar-refractivity contribution in [3.8, 4) is 0 Å². The van der Waals surface area contributed by atoms with E-state index in [1.165, 1.54) is 4.88 Å². The third-order valence-electron chi connectivity index (χ3n) is 3.17. The number of hydrogen-bond donors (Lipinski definition) is 1. The molecule has 1 aliphatic heterocycles. The van der Waals surface area contributed by atoms with Crippen molar-refractivity contribution in [3.05, 3.63) is 22.4 Å². The number of thiophene rings is 1. The Morgan fingerprint density at radius 1 is 1.65 bits per heavy atom. The molecule has 0 saturated carbocycles. The first-order chi connectivity index (χ1) is 8.18. The zero-order chi connectivity index (χ0) is 12.3. The van der Waals surface area contributed by atoms with Crippen LogP contribution in [-0.2, 0) is 11.3 Å². The highest BCUT2D eigenvalue weighted by atomic mass is 32.1. The van der Waals surface area contributed by atoms with Gasteiger partial charge in [0.15, 0.2) is 0 Å². The maximum atomic E-state index is 12.4. The van der Waals surface area contributed by atoms with Crippen molar-refractivity contribution in [1.82, 2.24) is 10.2 Å². The molecule has 2 rings (SSSR count). The van der Waals surface area contributed by atoms with Crippen molar-refractivity contribution >= 4 is 17.2 Å². The van der Waals surface area contributed by atoms with Gasteiger partial charge in [0.2, 0.25) is 5.91 Å². The Hall–Kier alpha value is -0.870. The topological polar surface area (TPSA) is 32.3 Å². The van der Waals surface area contributed by atoms with Crippen LogP contribution in [0.2, 0.25) is 0 Å². The quantitative estimate of drug-likeness (QED) is 0.891. The van der Waals surface area contributed by atoms with Crippen LogP contribution in [0.1, 0.15) is 31.6 Å². The lowest BCUT2D eigenvalue weighted by atomic mass is 10.1. The fourth-order valence-corrected chi connectivity index (χ4v) is 2.88. The number of carbonyl (C=O) groups excluding carboxylic acids is 1. The number of rotatable bonds is 4.